The van der Waals surface area contributed by atoms with Gasteiger partial charge in [0.15, 0.2) is 0 Å². The predicted molar refractivity (Wildman–Crippen MR) is 80.0 cm³/mol. The van der Waals surface area contributed by atoms with Crippen LogP contribution in [0.3, 0.4) is 0 Å². The number of hydrogen-bond donors (Lipinski definition) is 2. The van der Waals surface area contributed by atoms with Gasteiger partial charge in [-0.1, -0.05) is 32.1 Å². The van der Waals surface area contributed by atoms with E-state index in [2.05, 4.69) is 20.5 Å². The largest absolute Gasteiger partial charge is 0.384 e. The molecule has 20 heavy (non-hydrogen) atoms. The summed E-state index contributed by atoms with van der Waals surface area (Å²) in [6, 6.07) is 3.31. The van der Waals surface area contributed by atoms with Gasteiger partial charge in [-0.15, -0.1) is 10.2 Å². The van der Waals surface area contributed by atoms with Crippen LogP contribution in [0.1, 0.15) is 47.7 Å². The van der Waals surface area contributed by atoms with Gasteiger partial charge in [-0.2, -0.15) is 0 Å². The number of nitrogen functional groups attached to an aromatic ring is 1. The number of nitrogens with two attached hydrogens (primary N) is 1. The van der Waals surface area contributed by atoms with E-state index in [1.54, 1.807) is 12.1 Å². The summed E-state index contributed by atoms with van der Waals surface area (Å²) in [4.78, 5) is 16.4. The molecule has 0 radical (unpaired) electrons. The maximum Gasteiger partial charge on any atom is 0.257 e. The molecule has 0 aliphatic heterocycles. The highest BCUT2D eigenvalue weighted by molar-refractivity contribution is 7.15. The van der Waals surface area contributed by atoms with Crippen molar-refractivity contribution >= 4 is 28.2 Å². The van der Waals surface area contributed by atoms with Crippen LogP contribution in [0, 0.1) is 0 Å². The summed E-state index contributed by atoms with van der Waals surface area (Å²) >= 11 is 1.37. The number of aryl methyl sites for hydroxylation is 1. The zero-order chi connectivity index (χ0) is 14.7. The lowest BCUT2D eigenvalue weighted by Gasteiger charge is -2.08. The second-order valence-corrected chi connectivity index (χ2v) is 5.73. The van der Waals surface area contributed by atoms with E-state index >= 15 is 0 Å². The number of carbonyl (C=O) groups is 1. The lowest BCUT2D eigenvalue weighted by Crippen LogP contribution is -2.13. The smallest absolute Gasteiger partial charge is 0.257 e. The number of carbonyl (C=O) groups excluding carboxylic acids is 1. The minimum absolute atomic E-state index is 0.207. The van der Waals surface area contributed by atoms with Crippen molar-refractivity contribution in [3.8, 4) is 0 Å². The first-order chi connectivity index (χ1) is 9.49. The average Bonchev–Trinajstić information content (AvgIpc) is 2.85. The van der Waals surface area contributed by atoms with Gasteiger partial charge in [-0.05, 0) is 24.5 Å². The minimum Gasteiger partial charge on any atom is -0.384 e. The van der Waals surface area contributed by atoms with Gasteiger partial charge in [0, 0.05) is 11.3 Å². The maximum absolute atomic E-state index is 12.2. The number of anilines is 2. The van der Waals surface area contributed by atoms with Crippen molar-refractivity contribution in [2.45, 2.75) is 33.1 Å². The molecule has 0 saturated carbocycles. The van der Waals surface area contributed by atoms with Gasteiger partial charge in [0.1, 0.15) is 10.8 Å². The second-order valence-electron chi connectivity index (χ2n) is 4.67. The molecule has 3 N–H and O–H groups in total. The van der Waals surface area contributed by atoms with Crippen molar-refractivity contribution < 1.29 is 4.79 Å². The predicted octanol–water partition coefficient (Wildman–Crippen LogP) is 2.45. The Balaban J connectivity index is 2.20. The summed E-state index contributed by atoms with van der Waals surface area (Å²) in [5.74, 6) is 0.297. The van der Waals surface area contributed by atoms with Gasteiger partial charge in [0.05, 0.1) is 0 Å². The fourth-order valence-corrected chi connectivity index (χ4v) is 2.29. The molecule has 2 heterocycles. The number of aromatic nitrogens is 3. The Morgan fingerprint density at radius 3 is 2.75 bits per heavy atom. The Labute approximate surface area is 121 Å². The van der Waals surface area contributed by atoms with Crippen LogP contribution in [0.5, 0.6) is 0 Å². The Bertz CT molecular complexity index is 623. The normalized spacial score (nSPS) is 10.8. The highest BCUT2D eigenvalue weighted by Crippen LogP contribution is 2.19. The van der Waals surface area contributed by atoms with Gasteiger partial charge in [-0.25, -0.2) is 4.98 Å². The summed E-state index contributed by atoms with van der Waals surface area (Å²) in [6.07, 6.45) is 0.799. The quantitative estimate of drug-likeness (QED) is 0.902. The van der Waals surface area contributed by atoms with Crippen molar-refractivity contribution in [1.82, 2.24) is 15.2 Å². The third-order valence-corrected chi connectivity index (χ3v) is 3.69. The number of rotatable bonds is 4. The molecule has 0 atom stereocenters. The molecule has 1 amide bonds. The van der Waals surface area contributed by atoms with Crippen LogP contribution in [0.2, 0.25) is 0 Å². The Morgan fingerprint density at radius 2 is 2.15 bits per heavy atom. The molecule has 0 aliphatic rings. The maximum atomic E-state index is 12.2. The van der Waals surface area contributed by atoms with E-state index in [4.69, 9.17) is 5.73 Å². The molecule has 0 spiro atoms. The molecule has 0 bridgehead atoms. The van der Waals surface area contributed by atoms with Crippen LogP contribution in [0.25, 0.3) is 0 Å². The molecule has 106 valence electrons. The highest BCUT2D eigenvalue weighted by Gasteiger charge is 2.13. The highest BCUT2D eigenvalue weighted by atomic mass is 32.1. The van der Waals surface area contributed by atoms with Gasteiger partial charge in [-0.3, -0.25) is 10.1 Å². The third-order valence-electron chi connectivity index (χ3n) is 2.71. The van der Waals surface area contributed by atoms with E-state index in [1.165, 1.54) is 11.3 Å². The topological polar surface area (TPSA) is 93.8 Å². The minimum atomic E-state index is -0.250. The standard InChI is InChI=1S/C13H17N5OS/c1-4-11-17-18-13(20-11)16-12(19)8-5-9(7(2)3)15-10(14)6-8/h5-7H,4H2,1-3H3,(H2,14,15)(H,16,18,19). The van der Waals surface area contributed by atoms with E-state index in [9.17, 15) is 4.79 Å². The summed E-state index contributed by atoms with van der Waals surface area (Å²) in [7, 11) is 0. The zero-order valence-electron chi connectivity index (χ0n) is 11.7. The fraction of sp³-hybridized carbons (Fsp3) is 0.385. The molecule has 0 aromatic carbocycles. The Hall–Kier alpha value is -2.02. The van der Waals surface area contributed by atoms with Gasteiger partial charge >= 0.3 is 0 Å². The molecular formula is C13H17N5OS. The molecule has 2 aromatic rings. The van der Waals surface area contributed by atoms with Crippen LogP contribution in [-0.2, 0) is 6.42 Å². The molecule has 2 aromatic heterocycles. The lowest BCUT2D eigenvalue weighted by atomic mass is 10.1. The summed E-state index contributed by atoms with van der Waals surface area (Å²) in [6.45, 7) is 5.99. The second kappa shape index (κ2) is 5.96. The summed E-state index contributed by atoms with van der Waals surface area (Å²) in [5, 5.41) is 12.0. The number of amides is 1. The Morgan fingerprint density at radius 1 is 1.40 bits per heavy atom. The van der Waals surface area contributed by atoms with Crippen molar-refractivity contribution in [3.05, 3.63) is 28.4 Å². The SMILES string of the molecule is CCc1nnc(NC(=O)c2cc(N)nc(C(C)C)c2)s1. The van der Waals surface area contributed by atoms with E-state index < -0.39 is 0 Å². The van der Waals surface area contributed by atoms with E-state index in [0.717, 1.165) is 17.1 Å². The fourth-order valence-electron chi connectivity index (χ4n) is 1.62. The van der Waals surface area contributed by atoms with Gasteiger partial charge in [0.2, 0.25) is 5.13 Å². The molecule has 0 aliphatic carbocycles. The molecular weight excluding hydrogens is 274 g/mol. The Kier molecular flexibility index (Phi) is 4.29. The van der Waals surface area contributed by atoms with E-state index in [1.807, 2.05) is 20.8 Å². The van der Waals surface area contributed by atoms with Crippen LogP contribution in [-0.4, -0.2) is 21.1 Å². The van der Waals surface area contributed by atoms with Crippen LogP contribution >= 0.6 is 11.3 Å². The first-order valence-corrected chi connectivity index (χ1v) is 7.22. The molecule has 0 fully saturated rings. The summed E-state index contributed by atoms with van der Waals surface area (Å²) < 4.78 is 0. The number of hydrogen-bond acceptors (Lipinski definition) is 6. The molecule has 2 rings (SSSR count). The van der Waals surface area contributed by atoms with Gasteiger partial charge < -0.3 is 5.73 Å². The van der Waals surface area contributed by atoms with Crippen LogP contribution in [0.4, 0.5) is 10.9 Å². The molecule has 0 saturated heterocycles. The van der Waals surface area contributed by atoms with Crippen molar-refractivity contribution in [1.29, 1.82) is 0 Å². The van der Waals surface area contributed by atoms with E-state index in [-0.39, 0.29) is 11.8 Å². The first-order valence-electron chi connectivity index (χ1n) is 6.40. The number of nitrogens with zero attached hydrogens (tertiary/aromatic N) is 3. The molecule has 6 nitrogen and oxygen atoms in total. The van der Waals surface area contributed by atoms with Gasteiger partial charge in [0.25, 0.3) is 5.91 Å². The van der Waals surface area contributed by atoms with Crippen molar-refractivity contribution in [2.75, 3.05) is 11.1 Å². The first kappa shape index (κ1) is 14.4. The summed E-state index contributed by atoms with van der Waals surface area (Å²) in [5.41, 5.74) is 7.01. The molecule has 7 heteroatoms. The zero-order valence-corrected chi connectivity index (χ0v) is 12.5. The molecule has 0 unspecified atom stereocenters. The average molecular weight is 291 g/mol. The number of pyridine rings is 1. The van der Waals surface area contributed by atoms with Crippen LogP contribution < -0.4 is 11.1 Å². The van der Waals surface area contributed by atoms with Crippen LogP contribution in [0.15, 0.2) is 12.1 Å². The van der Waals surface area contributed by atoms with E-state index in [0.29, 0.717) is 16.5 Å². The van der Waals surface area contributed by atoms with Crippen molar-refractivity contribution in [2.24, 2.45) is 0 Å². The van der Waals surface area contributed by atoms with Crippen molar-refractivity contribution in [3.63, 3.8) is 0 Å². The third kappa shape index (κ3) is 3.30. The number of nitrogens with one attached hydrogen (secondary N) is 1. The monoisotopic (exact) mass is 291 g/mol. The lowest BCUT2D eigenvalue weighted by molar-refractivity contribution is 0.102.